The highest BCUT2D eigenvalue weighted by atomic mass is 16.5. The van der Waals surface area contributed by atoms with Crippen LogP contribution in [0.25, 0.3) is 0 Å². The molecule has 1 fully saturated rings. The second kappa shape index (κ2) is 7.42. The van der Waals surface area contributed by atoms with E-state index in [0.717, 1.165) is 55.7 Å². The first kappa shape index (κ1) is 17.6. The molecule has 7 heteroatoms. The Morgan fingerprint density at radius 3 is 2.67 bits per heavy atom. The molecular formula is C20H24N4O3. The fourth-order valence-electron chi connectivity index (χ4n) is 3.38. The van der Waals surface area contributed by atoms with Crippen molar-refractivity contribution in [2.75, 3.05) is 7.11 Å². The van der Waals surface area contributed by atoms with Crippen molar-refractivity contribution in [3.63, 3.8) is 0 Å². The average Bonchev–Trinajstić information content (AvgIpc) is 3.43. The van der Waals surface area contributed by atoms with E-state index >= 15 is 0 Å². The van der Waals surface area contributed by atoms with Gasteiger partial charge in [0.15, 0.2) is 5.82 Å². The van der Waals surface area contributed by atoms with Crippen molar-refractivity contribution < 1.29 is 14.3 Å². The highest BCUT2D eigenvalue weighted by molar-refractivity contribution is 5.97. The Labute approximate surface area is 158 Å². The van der Waals surface area contributed by atoms with E-state index in [1.807, 2.05) is 28.8 Å². The Bertz CT molecular complexity index is 853. The molecule has 27 heavy (non-hydrogen) atoms. The molecule has 0 bridgehead atoms. The van der Waals surface area contributed by atoms with Gasteiger partial charge in [0.25, 0.3) is 11.8 Å². The molecule has 0 spiro atoms. The van der Waals surface area contributed by atoms with Crippen LogP contribution >= 0.6 is 0 Å². The number of methoxy groups -OCH3 is 1. The number of nitrogens with one attached hydrogen (secondary N) is 2. The van der Waals surface area contributed by atoms with Crippen molar-refractivity contribution in [3.05, 3.63) is 47.0 Å². The summed E-state index contributed by atoms with van der Waals surface area (Å²) in [6.07, 6.45) is 4.84. The first-order valence-electron chi connectivity index (χ1n) is 9.47. The third-order valence-electron chi connectivity index (χ3n) is 5.06. The Morgan fingerprint density at radius 1 is 1.19 bits per heavy atom. The number of aromatic nitrogens is 2. The van der Waals surface area contributed by atoms with Gasteiger partial charge < -0.3 is 19.9 Å². The number of nitrogens with zero attached hydrogens (tertiary/aromatic N) is 2. The van der Waals surface area contributed by atoms with Crippen LogP contribution in [0.1, 0.15) is 58.0 Å². The normalized spacial score (nSPS) is 15.7. The van der Waals surface area contributed by atoms with Crippen LogP contribution in [-0.2, 0) is 19.5 Å². The molecule has 1 aromatic heterocycles. The van der Waals surface area contributed by atoms with Crippen LogP contribution in [0.4, 0.5) is 0 Å². The second-order valence-electron chi connectivity index (χ2n) is 7.12. The zero-order valence-corrected chi connectivity index (χ0v) is 15.5. The van der Waals surface area contributed by atoms with Crippen molar-refractivity contribution >= 4 is 11.8 Å². The molecule has 0 unspecified atom stereocenters. The van der Waals surface area contributed by atoms with Gasteiger partial charge in [-0.3, -0.25) is 9.59 Å². The zero-order valence-electron chi connectivity index (χ0n) is 15.5. The minimum Gasteiger partial charge on any atom is -0.497 e. The Hall–Kier alpha value is -2.83. The summed E-state index contributed by atoms with van der Waals surface area (Å²) in [5.74, 6) is 0.703. The summed E-state index contributed by atoms with van der Waals surface area (Å²) >= 11 is 0. The average molecular weight is 368 g/mol. The molecule has 2 aromatic rings. The summed E-state index contributed by atoms with van der Waals surface area (Å²) in [5.41, 5.74) is 2.27. The van der Waals surface area contributed by atoms with Gasteiger partial charge in [-0.05, 0) is 49.8 Å². The summed E-state index contributed by atoms with van der Waals surface area (Å²) in [7, 11) is 1.62. The second-order valence-corrected chi connectivity index (χ2v) is 7.12. The quantitative estimate of drug-likeness (QED) is 0.817. The lowest BCUT2D eigenvalue weighted by atomic mass is 10.1. The molecule has 1 aromatic carbocycles. The number of amides is 2. The molecule has 2 heterocycles. The molecular weight excluding hydrogens is 344 g/mol. The van der Waals surface area contributed by atoms with E-state index in [9.17, 15) is 9.59 Å². The first-order chi connectivity index (χ1) is 13.2. The standard InChI is InChI=1S/C20H24N4O3/c1-27-15-9-5-13(6-10-15)12-21-20(26)18-23-17(19(25)22-14-7-8-14)16-4-2-3-11-24(16)18/h5-6,9-10,14H,2-4,7-8,11-12H2,1H3,(H,21,26)(H,22,25). The molecule has 142 valence electrons. The van der Waals surface area contributed by atoms with Crippen molar-refractivity contribution in [2.24, 2.45) is 0 Å². The molecule has 0 saturated heterocycles. The lowest BCUT2D eigenvalue weighted by Gasteiger charge is -2.17. The predicted octanol–water partition coefficient (Wildman–Crippen LogP) is 2.05. The van der Waals surface area contributed by atoms with Crippen LogP contribution in [0, 0.1) is 0 Å². The Kier molecular flexibility index (Phi) is 4.83. The lowest BCUT2D eigenvalue weighted by Crippen LogP contribution is -2.27. The molecule has 7 nitrogen and oxygen atoms in total. The molecule has 2 N–H and O–H groups in total. The monoisotopic (exact) mass is 368 g/mol. The number of benzene rings is 1. The lowest BCUT2D eigenvalue weighted by molar-refractivity contribution is 0.0935. The maximum Gasteiger partial charge on any atom is 0.287 e. The fourth-order valence-corrected chi connectivity index (χ4v) is 3.38. The summed E-state index contributed by atoms with van der Waals surface area (Å²) in [6.45, 7) is 1.12. The minimum absolute atomic E-state index is 0.155. The van der Waals surface area contributed by atoms with Gasteiger partial charge in [-0.1, -0.05) is 12.1 Å². The Balaban J connectivity index is 1.50. The molecule has 4 rings (SSSR count). The number of carbonyl (C=O) groups excluding carboxylic acids is 2. The van der Waals surface area contributed by atoms with Gasteiger partial charge in [0.05, 0.1) is 12.8 Å². The topological polar surface area (TPSA) is 85.2 Å². The van der Waals surface area contributed by atoms with Crippen molar-refractivity contribution in [1.29, 1.82) is 0 Å². The van der Waals surface area contributed by atoms with Crippen molar-refractivity contribution in [1.82, 2.24) is 20.2 Å². The molecule has 1 aliphatic carbocycles. The number of imidazole rings is 1. The predicted molar refractivity (Wildman–Crippen MR) is 99.8 cm³/mol. The molecule has 1 saturated carbocycles. The van der Waals surface area contributed by atoms with Gasteiger partial charge in [-0.25, -0.2) is 4.98 Å². The van der Waals surface area contributed by atoms with E-state index in [1.165, 1.54) is 0 Å². The molecule has 0 atom stereocenters. The largest absolute Gasteiger partial charge is 0.497 e. The summed E-state index contributed by atoms with van der Waals surface area (Å²) in [4.78, 5) is 29.7. The van der Waals surface area contributed by atoms with Crippen LogP contribution in [-0.4, -0.2) is 34.5 Å². The molecule has 2 aliphatic rings. The summed E-state index contributed by atoms with van der Waals surface area (Å²) in [5, 5.41) is 5.90. The zero-order chi connectivity index (χ0) is 18.8. The highest BCUT2D eigenvalue weighted by Gasteiger charge is 2.30. The van der Waals surface area contributed by atoms with Gasteiger partial charge in [0.1, 0.15) is 11.4 Å². The van der Waals surface area contributed by atoms with Crippen LogP contribution < -0.4 is 15.4 Å². The van der Waals surface area contributed by atoms with Crippen LogP contribution in [0.3, 0.4) is 0 Å². The molecule has 2 amide bonds. The number of rotatable bonds is 6. The summed E-state index contributed by atoms with van der Waals surface area (Å²) in [6, 6.07) is 7.81. The SMILES string of the molecule is COc1ccc(CNC(=O)c2nc(C(=O)NC3CC3)c3n2CCCC3)cc1. The van der Waals surface area contributed by atoms with Crippen LogP contribution in [0.2, 0.25) is 0 Å². The first-order valence-corrected chi connectivity index (χ1v) is 9.47. The molecule has 0 radical (unpaired) electrons. The molecule has 1 aliphatic heterocycles. The summed E-state index contributed by atoms with van der Waals surface area (Å²) < 4.78 is 7.06. The minimum atomic E-state index is -0.251. The van der Waals surface area contributed by atoms with Crippen LogP contribution in [0.5, 0.6) is 5.75 Å². The van der Waals surface area contributed by atoms with E-state index in [-0.39, 0.29) is 17.9 Å². The number of ether oxygens (including phenoxy) is 1. The highest BCUT2D eigenvalue weighted by Crippen LogP contribution is 2.24. The van der Waals surface area contributed by atoms with E-state index in [1.54, 1.807) is 7.11 Å². The van der Waals surface area contributed by atoms with Gasteiger partial charge in [-0.2, -0.15) is 0 Å². The fraction of sp³-hybridized carbons (Fsp3) is 0.450. The third kappa shape index (κ3) is 3.82. The van der Waals surface area contributed by atoms with Gasteiger partial charge in [0, 0.05) is 19.1 Å². The number of hydrogen-bond acceptors (Lipinski definition) is 4. The smallest absolute Gasteiger partial charge is 0.287 e. The van der Waals surface area contributed by atoms with Crippen molar-refractivity contribution in [3.8, 4) is 5.75 Å². The number of carbonyl (C=O) groups is 2. The third-order valence-corrected chi connectivity index (χ3v) is 5.06. The number of fused-ring (bicyclic) bond motifs is 1. The maximum absolute atomic E-state index is 12.7. The van der Waals surface area contributed by atoms with E-state index in [0.29, 0.717) is 18.1 Å². The number of hydrogen-bond donors (Lipinski definition) is 2. The Morgan fingerprint density at radius 2 is 1.96 bits per heavy atom. The maximum atomic E-state index is 12.7. The van der Waals surface area contributed by atoms with Crippen LogP contribution in [0.15, 0.2) is 24.3 Å². The van der Waals surface area contributed by atoms with Gasteiger partial charge >= 0.3 is 0 Å². The van der Waals surface area contributed by atoms with E-state index in [4.69, 9.17) is 4.74 Å². The van der Waals surface area contributed by atoms with Gasteiger partial charge in [-0.15, -0.1) is 0 Å². The van der Waals surface area contributed by atoms with E-state index < -0.39 is 0 Å². The van der Waals surface area contributed by atoms with Crippen molar-refractivity contribution in [2.45, 2.75) is 51.2 Å². The van der Waals surface area contributed by atoms with Gasteiger partial charge in [0.2, 0.25) is 0 Å². The van der Waals surface area contributed by atoms with E-state index in [2.05, 4.69) is 15.6 Å².